The topological polar surface area (TPSA) is 38.1 Å². The van der Waals surface area contributed by atoms with Crippen molar-refractivity contribution in [2.24, 2.45) is 0 Å². The monoisotopic (exact) mass is 191 g/mol. The molecule has 4 nitrogen and oxygen atoms in total. The van der Waals surface area contributed by atoms with E-state index in [2.05, 4.69) is 18.1 Å². The molecule has 0 fully saturated rings. The van der Waals surface area contributed by atoms with E-state index in [-0.39, 0.29) is 6.03 Å². The van der Waals surface area contributed by atoms with Crippen LogP contribution in [0.3, 0.4) is 0 Å². The molecule has 0 radical (unpaired) electrons. The van der Waals surface area contributed by atoms with Crippen molar-refractivity contribution in [2.45, 2.75) is 0 Å². The first-order chi connectivity index (χ1) is 6.79. The fraction of sp³-hybridized carbons (Fsp3) is 0.200. The zero-order chi connectivity index (χ0) is 10.4. The van der Waals surface area contributed by atoms with E-state index in [1.807, 2.05) is 0 Å². The van der Waals surface area contributed by atoms with Gasteiger partial charge in [-0.2, -0.15) is 0 Å². The number of amides is 1. The molecule has 0 aliphatic rings. The number of carbonyl (C=O) groups excluding carboxylic acids is 1. The molecule has 0 N–H and O–H groups in total. The van der Waals surface area contributed by atoms with Crippen LogP contribution in [0.25, 0.3) is 0 Å². The molecule has 14 heavy (non-hydrogen) atoms. The molecule has 1 aromatic rings. The first-order valence-corrected chi connectivity index (χ1v) is 4.28. The van der Waals surface area contributed by atoms with E-state index >= 15 is 0 Å². The zero-order valence-corrected chi connectivity index (χ0v) is 7.97. The highest BCUT2D eigenvalue weighted by Crippen LogP contribution is 1.96. The van der Waals surface area contributed by atoms with E-state index in [1.54, 1.807) is 29.4 Å². The quantitative estimate of drug-likeness (QED) is 0.677. The molecule has 0 aliphatic carbocycles. The van der Waals surface area contributed by atoms with Crippen LogP contribution in [0.4, 0.5) is 4.79 Å². The lowest BCUT2D eigenvalue weighted by molar-refractivity contribution is 0.210. The Morgan fingerprint density at radius 3 is 2.50 bits per heavy atom. The van der Waals surface area contributed by atoms with Crippen LogP contribution >= 0.6 is 0 Å². The molecule has 0 spiro atoms. The molecular weight excluding hydrogens is 178 g/mol. The number of carbonyl (C=O) groups is 1. The molecule has 0 saturated heterocycles. The molecule has 1 heterocycles. The van der Waals surface area contributed by atoms with Crippen LogP contribution in [0, 0.1) is 0 Å². The first-order valence-electron chi connectivity index (χ1n) is 4.28. The van der Waals surface area contributed by atoms with Crippen LogP contribution in [0.2, 0.25) is 0 Å². The number of hydrogen-bond acceptors (Lipinski definition) is 2. The molecular formula is C10H13N3O. The molecule has 0 saturated carbocycles. The standard InChI is InChI=1S/C10H13N3O/c1-3-6-12(7-4-2)10(14)13-8-5-11-9-13/h3-5,8-9H,1-2,6-7H2. The summed E-state index contributed by atoms with van der Waals surface area (Å²) in [6.45, 7) is 8.19. The van der Waals surface area contributed by atoms with Gasteiger partial charge in [0.05, 0.1) is 0 Å². The van der Waals surface area contributed by atoms with Gasteiger partial charge in [0.25, 0.3) is 0 Å². The van der Waals surface area contributed by atoms with Crippen molar-refractivity contribution in [1.82, 2.24) is 14.5 Å². The molecule has 4 heteroatoms. The Morgan fingerprint density at radius 2 is 2.07 bits per heavy atom. The van der Waals surface area contributed by atoms with E-state index in [9.17, 15) is 4.79 Å². The number of imidazole rings is 1. The number of aromatic nitrogens is 2. The predicted octanol–water partition coefficient (Wildman–Crippen LogP) is 1.53. The lowest BCUT2D eigenvalue weighted by Gasteiger charge is -2.18. The Kier molecular flexibility index (Phi) is 3.67. The van der Waals surface area contributed by atoms with E-state index < -0.39 is 0 Å². The molecule has 0 bridgehead atoms. The molecule has 1 aromatic heterocycles. The summed E-state index contributed by atoms with van der Waals surface area (Å²) in [5.74, 6) is 0. The van der Waals surface area contributed by atoms with E-state index in [0.29, 0.717) is 13.1 Å². The highest BCUT2D eigenvalue weighted by atomic mass is 16.2. The summed E-state index contributed by atoms with van der Waals surface area (Å²) >= 11 is 0. The average molecular weight is 191 g/mol. The molecule has 0 aromatic carbocycles. The third-order valence-corrected chi connectivity index (χ3v) is 1.69. The Morgan fingerprint density at radius 1 is 1.43 bits per heavy atom. The van der Waals surface area contributed by atoms with Gasteiger partial charge < -0.3 is 4.90 Å². The normalized spacial score (nSPS) is 9.43. The average Bonchev–Trinajstić information content (AvgIpc) is 2.69. The van der Waals surface area contributed by atoms with Crippen LogP contribution in [-0.2, 0) is 0 Å². The van der Waals surface area contributed by atoms with Gasteiger partial charge in [-0.1, -0.05) is 12.2 Å². The van der Waals surface area contributed by atoms with E-state index in [4.69, 9.17) is 0 Å². The largest absolute Gasteiger partial charge is 0.329 e. The van der Waals surface area contributed by atoms with Gasteiger partial charge in [-0.05, 0) is 0 Å². The SMILES string of the molecule is C=CCN(CC=C)C(=O)n1ccnc1. The summed E-state index contributed by atoms with van der Waals surface area (Å²) in [7, 11) is 0. The van der Waals surface area contributed by atoms with Gasteiger partial charge in [-0.25, -0.2) is 9.78 Å². The van der Waals surface area contributed by atoms with E-state index in [0.717, 1.165) is 0 Å². The van der Waals surface area contributed by atoms with Crippen molar-refractivity contribution >= 4 is 6.03 Å². The van der Waals surface area contributed by atoms with Crippen LogP contribution in [0.1, 0.15) is 0 Å². The van der Waals surface area contributed by atoms with Crippen molar-refractivity contribution in [3.05, 3.63) is 44.0 Å². The van der Waals surface area contributed by atoms with Crippen LogP contribution in [0.15, 0.2) is 44.0 Å². The number of hydrogen-bond donors (Lipinski definition) is 0. The Balaban J connectivity index is 2.72. The number of nitrogens with zero attached hydrogens (tertiary/aromatic N) is 3. The zero-order valence-electron chi connectivity index (χ0n) is 7.97. The summed E-state index contributed by atoms with van der Waals surface area (Å²) in [6, 6.07) is -0.123. The molecule has 0 atom stereocenters. The molecule has 74 valence electrons. The highest BCUT2D eigenvalue weighted by Gasteiger charge is 2.11. The van der Waals surface area contributed by atoms with Crippen molar-refractivity contribution < 1.29 is 4.79 Å². The van der Waals surface area contributed by atoms with E-state index in [1.165, 1.54) is 10.9 Å². The smallest absolute Gasteiger partial charge is 0.317 e. The molecule has 1 rings (SSSR count). The summed E-state index contributed by atoms with van der Waals surface area (Å²) in [6.07, 6.45) is 8.01. The third kappa shape index (κ3) is 2.32. The summed E-state index contributed by atoms with van der Waals surface area (Å²) in [5.41, 5.74) is 0. The maximum atomic E-state index is 11.7. The van der Waals surface area contributed by atoms with Crippen molar-refractivity contribution in [1.29, 1.82) is 0 Å². The lowest BCUT2D eigenvalue weighted by Crippen LogP contribution is -2.34. The lowest BCUT2D eigenvalue weighted by atomic mass is 10.4. The maximum Gasteiger partial charge on any atom is 0.329 e. The van der Waals surface area contributed by atoms with Gasteiger partial charge in [0.1, 0.15) is 6.33 Å². The Labute approximate surface area is 83.2 Å². The van der Waals surface area contributed by atoms with Crippen molar-refractivity contribution in [3.63, 3.8) is 0 Å². The fourth-order valence-corrected chi connectivity index (χ4v) is 1.08. The fourth-order valence-electron chi connectivity index (χ4n) is 1.08. The molecule has 1 amide bonds. The first kappa shape index (κ1) is 10.2. The minimum Gasteiger partial charge on any atom is -0.317 e. The Bertz CT molecular complexity index is 306. The summed E-state index contributed by atoms with van der Waals surface area (Å²) in [5, 5.41) is 0. The summed E-state index contributed by atoms with van der Waals surface area (Å²) in [4.78, 5) is 17.2. The number of rotatable bonds is 4. The second-order valence-electron chi connectivity index (χ2n) is 2.73. The van der Waals surface area contributed by atoms with Gasteiger partial charge in [0.15, 0.2) is 0 Å². The van der Waals surface area contributed by atoms with Gasteiger partial charge in [0, 0.05) is 25.5 Å². The minimum absolute atomic E-state index is 0.123. The molecule has 0 aliphatic heterocycles. The highest BCUT2D eigenvalue weighted by molar-refractivity contribution is 5.76. The third-order valence-electron chi connectivity index (χ3n) is 1.69. The van der Waals surface area contributed by atoms with Crippen molar-refractivity contribution in [3.8, 4) is 0 Å². The predicted molar refractivity (Wildman–Crippen MR) is 55.0 cm³/mol. The van der Waals surface area contributed by atoms with Crippen molar-refractivity contribution in [2.75, 3.05) is 13.1 Å². The van der Waals surface area contributed by atoms with Crippen LogP contribution in [-0.4, -0.2) is 33.6 Å². The minimum atomic E-state index is -0.123. The van der Waals surface area contributed by atoms with Gasteiger partial charge in [-0.15, -0.1) is 13.2 Å². The van der Waals surface area contributed by atoms with Crippen LogP contribution < -0.4 is 0 Å². The second-order valence-corrected chi connectivity index (χ2v) is 2.73. The van der Waals surface area contributed by atoms with Gasteiger partial charge in [-0.3, -0.25) is 4.57 Å². The molecule has 0 unspecified atom stereocenters. The maximum absolute atomic E-state index is 11.7. The van der Waals surface area contributed by atoms with Gasteiger partial charge >= 0.3 is 6.03 Å². The Hall–Kier alpha value is -1.84. The summed E-state index contributed by atoms with van der Waals surface area (Å²) < 4.78 is 1.42. The second kappa shape index (κ2) is 5.01. The van der Waals surface area contributed by atoms with Gasteiger partial charge in [0.2, 0.25) is 0 Å². The van der Waals surface area contributed by atoms with Crippen LogP contribution in [0.5, 0.6) is 0 Å².